The second-order valence-electron chi connectivity index (χ2n) is 4.51. The van der Waals surface area contributed by atoms with Crippen molar-refractivity contribution in [1.82, 2.24) is 0 Å². The molecule has 0 saturated heterocycles. The Bertz CT molecular complexity index is 510. The Kier molecular flexibility index (Phi) is 5.70. The zero-order valence-electron chi connectivity index (χ0n) is 11.1. The number of nitrogens with two attached hydrogens (primary N) is 1. The van der Waals surface area contributed by atoms with Crippen LogP contribution in [0.1, 0.15) is 26.7 Å². The van der Waals surface area contributed by atoms with E-state index in [1.807, 2.05) is 6.92 Å². The number of ether oxygens (including phenoxy) is 1. The van der Waals surface area contributed by atoms with Crippen LogP contribution in [0.3, 0.4) is 0 Å². The molecule has 0 aliphatic heterocycles. The largest absolute Gasteiger partial charge is 0.494 e. The Balaban J connectivity index is 0.000000372. The normalized spacial score (nSPS) is 17.5. The Morgan fingerprint density at radius 3 is 2.72 bits per heavy atom. The van der Waals surface area contributed by atoms with E-state index in [1.165, 1.54) is 16.9 Å². The molecular weight excluding hydrogens is 246 g/mol. The lowest BCUT2D eigenvalue weighted by molar-refractivity contribution is 0.317. The highest BCUT2D eigenvalue weighted by Gasteiger charge is 2.31. The van der Waals surface area contributed by atoms with Crippen molar-refractivity contribution in [3.63, 3.8) is 0 Å². The average molecular weight is 268 g/mol. The van der Waals surface area contributed by atoms with Crippen LogP contribution in [-0.4, -0.2) is 13.2 Å². The highest BCUT2D eigenvalue weighted by atomic mass is 35.5. The van der Waals surface area contributed by atoms with Crippen molar-refractivity contribution in [3.05, 3.63) is 28.6 Å². The van der Waals surface area contributed by atoms with Gasteiger partial charge in [-0.1, -0.05) is 31.6 Å². The maximum absolute atomic E-state index is 5.62. The van der Waals surface area contributed by atoms with E-state index < -0.39 is 0 Å². The van der Waals surface area contributed by atoms with Gasteiger partial charge in [0.05, 0.1) is 6.61 Å². The Hall–Kier alpha value is -0.990. The second kappa shape index (κ2) is 6.81. The summed E-state index contributed by atoms with van der Waals surface area (Å²) < 4.78 is 5.62. The van der Waals surface area contributed by atoms with Gasteiger partial charge >= 0.3 is 0 Å². The highest BCUT2D eigenvalue weighted by molar-refractivity contribution is 5.85. The van der Waals surface area contributed by atoms with Crippen molar-refractivity contribution in [2.75, 3.05) is 13.2 Å². The summed E-state index contributed by atoms with van der Waals surface area (Å²) in [5.41, 5.74) is 6.46. The fourth-order valence-corrected chi connectivity index (χ4v) is 2.13. The molecule has 3 rings (SSSR count). The molecule has 2 nitrogen and oxygen atoms in total. The van der Waals surface area contributed by atoms with Gasteiger partial charge in [-0.2, -0.15) is 0 Å². The van der Waals surface area contributed by atoms with Crippen LogP contribution >= 0.6 is 12.4 Å². The molecule has 1 aromatic carbocycles. The Morgan fingerprint density at radius 1 is 1.33 bits per heavy atom. The van der Waals surface area contributed by atoms with Gasteiger partial charge in [-0.3, -0.25) is 0 Å². The lowest BCUT2D eigenvalue weighted by Gasteiger charge is -2.03. The number of rotatable bonds is 3. The maximum atomic E-state index is 5.62. The summed E-state index contributed by atoms with van der Waals surface area (Å²) in [6, 6.07) is 6.46. The molecule has 2 aliphatic rings. The van der Waals surface area contributed by atoms with E-state index in [0.29, 0.717) is 0 Å². The van der Waals surface area contributed by atoms with Gasteiger partial charge < -0.3 is 10.5 Å². The quantitative estimate of drug-likeness (QED) is 0.907. The first-order valence-corrected chi connectivity index (χ1v) is 6.48. The first-order chi connectivity index (χ1) is 8.30. The van der Waals surface area contributed by atoms with E-state index in [2.05, 4.69) is 31.2 Å². The van der Waals surface area contributed by atoms with Gasteiger partial charge in [-0.15, -0.1) is 12.4 Å². The third-order valence-corrected chi connectivity index (χ3v) is 2.95. The molecule has 1 unspecified atom stereocenters. The average Bonchev–Trinajstić information content (AvgIpc) is 3.01. The van der Waals surface area contributed by atoms with Gasteiger partial charge in [0.1, 0.15) is 5.75 Å². The molecule has 0 amide bonds. The van der Waals surface area contributed by atoms with Crippen LogP contribution in [0, 0.1) is 5.92 Å². The predicted octanol–water partition coefficient (Wildman–Crippen LogP) is 1.83. The van der Waals surface area contributed by atoms with Crippen molar-refractivity contribution < 1.29 is 4.74 Å². The van der Waals surface area contributed by atoms with Crippen molar-refractivity contribution >= 4 is 24.1 Å². The number of fused-ring (bicyclic) bond motifs is 2. The van der Waals surface area contributed by atoms with Crippen molar-refractivity contribution in [2.45, 2.75) is 26.7 Å². The van der Waals surface area contributed by atoms with Gasteiger partial charge in [0.15, 0.2) is 0 Å². The SMILES string of the molecule is CCCOc1ccc2c(c1)=C1CC1C=2.CCN.Cl. The van der Waals surface area contributed by atoms with Crippen molar-refractivity contribution in [1.29, 1.82) is 0 Å². The molecule has 0 heterocycles. The van der Waals surface area contributed by atoms with Crippen LogP contribution in [0.5, 0.6) is 5.75 Å². The van der Waals surface area contributed by atoms with E-state index in [-0.39, 0.29) is 12.4 Å². The highest BCUT2D eigenvalue weighted by Crippen LogP contribution is 2.41. The molecule has 0 radical (unpaired) electrons. The lowest BCUT2D eigenvalue weighted by Crippen LogP contribution is -2.22. The molecule has 1 saturated carbocycles. The third-order valence-electron chi connectivity index (χ3n) is 2.95. The van der Waals surface area contributed by atoms with Gasteiger partial charge in [0, 0.05) is 5.92 Å². The van der Waals surface area contributed by atoms with Crippen LogP contribution in [0.4, 0.5) is 0 Å². The monoisotopic (exact) mass is 267 g/mol. The van der Waals surface area contributed by atoms with Gasteiger partial charge in [0.2, 0.25) is 0 Å². The predicted molar refractivity (Wildman–Crippen MR) is 79.4 cm³/mol. The molecule has 18 heavy (non-hydrogen) atoms. The van der Waals surface area contributed by atoms with Crippen LogP contribution in [0.25, 0.3) is 11.6 Å². The molecule has 1 fully saturated rings. The second-order valence-corrected chi connectivity index (χ2v) is 4.51. The molecular formula is C15H22ClNO. The topological polar surface area (TPSA) is 35.2 Å². The molecule has 100 valence electrons. The summed E-state index contributed by atoms with van der Waals surface area (Å²) in [6.07, 6.45) is 4.72. The standard InChI is InChI=1S/C13H14O.C2H7N.ClH/c1-2-5-14-11-4-3-9-6-10-7-12(10)13(9)8-11;1-2-3;/h3-4,6,8,10H,2,5,7H2,1H3;2-3H2,1H3;1H. The van der Waals surface area contributed by atoms with Gasteiger partial charge in [-0.25, -0.2) is 0 Å². The number of hydrogen-bond acceptors (Lipinski definition) is 2. The van der Waals surface area contributed by atoms with Crippen LogP contribution < -0.4 is 20.9 Å². The van der Waals surface area contributed by atoms with E-state index in [9.17, 15) is 0 Å². The van der Waals surface area contributed by atoms with Crippen LogP contribution in [-0.2, 0) is 0 Å². The third kappa shape index (κ3) is 3.27. The summed E-state index contributed by atoms with van der Waals surface area (Å²) in [7, 11) is 0. The first kappa shape index (κ1) is 15.1. The molecule has 0 aromatic heterocycles. The number of benzene rings is 1. The lowest BCUT2D eigenvalue weighted by atomic mass is 10.2. The Labute approximate surface area is 115 Å². The summed E-state index contributed by atoms with van der Waals surface area (Å²) in [5, 5.41) is 2.84. The van der Waals surface area contributed by atoms with Gasteiger partial charge in [0.25, 0.3) is 0 Å². The number of hydrogen-bond donors (Lipinski definition) is 1. The smallest absolute Gasteiger partial charge is 0.119 e. The van der Waals surface area contributed by atoms with Crippen LogP contribution in [0.15, 0.2) is 18.2 Å². The summed E-state index contributed by atoms with van der Waals surface area (Å²) >= 11 is 0. The van der Waals surface area contributed by atoms with Crippen molar-refractivity contribution in [3.8, 4) is 5.75 Å². The van der Waals surface area contributed by atoms with E-state index in [4.69, 9.17) is 10.5 Å². The minimum Gasteiger partial charge on any atom is -0.494 e. The van der Waals surface area contributed by atoms with E-state index in [1.54, 1.807) is 5.57 Å². The van der Waals surface area contributed by atoms with E-state index >= 15 is 0 Å². The summed E-state index contributed by atoms with van der Waals surface area (Å²) in [6.45, 7) is 5.61. The first-order valence-electron chi connectivity index (χ1n) is 6.48. The molecule has 2 N–H and O–H groups in total. The zero-order chi connectivity index (χ0) is 12.3. The molecule has 0 bridgehead atoms. The molecule has 1 atom stereocenters. The number of halogens is 1. The summed E-state index contributed by atoms with van der Waals surface area (Å²) in [4.78, 5) is 0. The van der Waals surface area contributed by atoms with Gasteiger partial charge in [-0.05, 0) is 42.0 Å². The fourth-order valence-electron chi connectivity index (χ4n) is 2.13. The maximum Gasteiger partial charge on any atom is 0.119 e. The van der Waals surface area contributed by atoms with Crippen molar-refractivity contribution in [2.24, 2.45) is 11.7 Å². The summed E-state index contributed by atoms with van der Waals surface area (Å²) in [5.74, 6) is 1.80. The zero-order valence-corrected chi connectivity index (χ0v) is 11.9. The molecule has 0 spiro atoms. The van der Waals surface area contributed by atoms with Crippen LogP contribution in [0.2, 0.25) is 0 Å². The Morgan fingerprint density at radius 2 is 2.06 bits per heavy atom. The molecule has 3 heteroatoms. The van der Waals surface area contributed by atoms with E-state index in [0.717, 1.165) is 31.2 Å². The minimum atomic E-state index is 0. The fraction of sp³-hybridized carbons (Fsp3) is 0.467. The minimum absolute atomic E-state index is 0. The molecule has 2 aliphatic carbocycles. The molecule has 1 aromatic rings.